The second-order valence-corrected chi connectivity index (χ2v) is 5.62. The molecule has 2 aromatic carbocycles. The maximum atomic E-state index is 12.3. The molecule has 124 valence electrons. The Labute approximate surface area is 149 Å². The number of hydrogen-bond donors (Lipinski definition) is 2. The number of aromatic nitrogens is 2. The topological polar surface area (TPSA) is 70.8 Å². The van der Waals surface area contributed by atoms with E-state index in [9.17, 15) is 4.79 Å². The maximum Gasteiger partial charge on any atom is 0.209 e. The van der Waals surface area contributed by atoms with Gasteiger partial charge >= 0.3 is 0 Å². The van der Waals surface area contributed by atoms with Gasteiger partial charge < -0.3 is 10.7 Å². The first-order chi connectivity index (χ1) is 12.2. The van der Waals surface area contributed by atoms with Crippen LogP contribution in [0.2, 0.25) is 5.02 Å². The van der Waals surface area contributed by atoms with Gasteiger partial charge in [-0.25, -0.2) is 4.68 Å². The van der Waals surface area contributed by atoms with Crippen molar-refractivity contribution < 1.29 is 0 Å². The van der Waals surface area contributed by atoms with Crippen LogP contribution in [0.25, 0.3) is 11.4 Å². The summed E-state index contributed by atoms with van der Waals surface area (Å²) in [4.78, 5) is 12.3. The molecular weight excluding hydrogens is 336 g/mol. The van der Waals surface area contributed by atoms with Crippen LogP contribution in [0.15, 0.2) is 77.7 Å². The van der Waals surface area contributed by atoms with Crippen LogP contribution in [0, 0.1) is 5.41 Å². The lowest BCUT2D eigenvalue weighted by Gasteiger charge is -2.12. The average Bonchev–Trinajstić information content (AvgIpc) is 2.63. The highest BCUT2D eigenvalue weighted by molar-refractivity contribution is 6.30. The first-order valence-electron chi connectivity index (χ1n) is 7.56. The molecule has 0 aliphatic rings. The van der Waals surface area contributed by atoms with Gasteiger partial charge in [-0.05, 0) is 42.5 Å². The Morgan fingerprint density at radius 3 is 2.48 bits per heavy atom. The number of anilines is 1. The third-order valence-corrected chi connectivity index (χ3v) is 3.71. The molecule has 0 unspecified atom stereocenters. The zero-order valence-electron chi connectivity index (χ0n) is 13.2. The smallest absolute Gasteiger partial charge is 0.209 e. The minimum absolute atomic E-state index is 0.227. The number of halogens is 1. The average molecular weight is 351 g/mol. The number of para-hydroxylation sites is 1. The van der Waals surface area contributed by atoms with Crippen LogP contribution in [0.1, 0.15) is 5.69 Å². The quantitative estimate of drug-likeness (QED) is 0.683. The van der Waals surface area contributed by atoms with Crippen molar-refractivity contribution in [2.24, 2.45) is 0 Å². The molecule has 1 aromatic heterocycles. The summed E-state index contributed by atoms with van der Waals surface area (Å²) in [5.74, 6) is 0. The predicted octanol–water partition coefficient (Wildman–Crippen LogP) is 3.99. The number of benzene rings is 2. The summed E-state index contributed by atoms with van der Waals surface area (Å²) in [6.07, 6.45) is 4.22. The highest BCUT2D eigenvalue weighted by Crippen LogP contribution is 2.16. The Bertz CT molecular complexity index is 963. The fourth-order valence-electron chi connectivity index (χ4n) is 2.27. The summed E-state index contributed by atoms with van der Waals surface area (Å²) in [7, 11) is 0. The summed E-state index contributed by atoms with van der Waals surface area (Å²) in [6, 6.07) is 18.0. The largest absolute Gasteiger partial charge is 0.354 e. The Kier molecular flexibility index (Phi) is 5.06. The van der Waals surface area contributed by atoms with E-state index in [4.69, 9.17) is 17.0 Å². The van der Waals surface area contributed by atoms with Gasteiger partial charge in [0.05, 0.1) is 11.4 Å². The zero-order valence-corrected chi connectivity index (χ0v) is 13.9. The highest BCUT2D eigenvalue weighted by atomic mass is 35.5. The second kappa shape index (κ2) is 7.59. The van der Waals surface area contributed by atoms with E-state index in [0.29, 0.717) is 10.7 Å². The van der Waals surface area contributed by atoms with Crippen molar-refractivity contribution in [2.75, 3.05) is 5.32 Å². The lowest BCUT2D eigenvalue weighted by molar-refractivity contribution is 0.825. The van der Waals surface area contributed by atoms with Gasteiger partial charge in [-0.2, -0.15) is 5.10 Å². The van der Waals surface area contributed by atoms with Gasteiger partial charge in [0.25, 0.3) is 0 Å². The standard InChI is InChI=1S/C19H15ClN4O/c20-14-6-8-16(9-7-14)24-13-11-18(25)19(23-24)17(10-12-21)22-15-4-2-1-3-5-15/h1-13,21-22H/b17-10-,21-12?. The summed E-state index contributed by atoms with van der Waals surface area (Å²) < 4.78 is 1.59. The third-order valence-electron chi connectivity index (χ3n) is 3.46. The van der Waals surface area contributed by atoms with Gasteiger partial charge in [0, 0.05) is 29.2 Å². The first kappa shape index (κ1) is 16.7. The van der Waals surface area contributed by atoms with Crippen molar-refractivity contribution in [2.45, 2.75) is 0 Å². The zero-order chi connectivity index (χ0) is 17.6. The first-order valence-corrected chi connectivity index (χ1v) is 7.94. The highest BCUT2D eigenvalue weighted by Gasteiger charge is 2.10. The monoisotopic (exact) mass is 350 g/mol. The van der Waals surface area contributed by atoms with Crippen molar-refractivity contribution in [1.29, 1.82) is 5.41 Å². The molecule has 0 saturated heterocycles. The normalized spacial score (nSPS) is 11.2. The Balaban J connectivity index is 2.03. The van der Waals surface area contributed by atoms with E-state index in [1.807, 2.05) is 42.5 Å². The summed E-state index contributed by atoms with van der Waals surface area (Å²) in [5.41, 5.74) is 2.03. The molecule has 0 atom stereocenters. The van der Waals surface area contributed by atoms with Crippen LogP contribution in [0.4, 0.5) is 5.69 Å². The van der Waals surface area contributed by atoms with E-state index in [0.717, 1.165) is 17.6 Å². The van der Waals surface area contributed by atoms with Crippen molar-refractivity contribution in [3.05, 3.63) is 93.9 Å². The van der Waals surface area contributed by atoms with E-state index >= 15 is 0 Å². The Hall–Kier alpha value is -3.18. The number of hydrogen-bond acceptors (Lipinski definition) is 4. The molecule has 0 spiro atoms. The number of rotatable bonds is 5. The molecule has 0 aliphatic heterocycles. The van der Waals surface area contributed by atoms with Gasteiger partial charge in [-0.1, -0.05) is 29.8 Å². The lowest BCUT2D eigenvalue weighted by atomic mass is 10.2. The molecule has 3 aromatic rings. The molecule has 1 heterocycles. The summed E-state index contributed by atoms with van der Waals surface area (Å²) >= 11 is 5.91. The molecule has 0 bridgehead atoms. The predicted molar refractivity (Wildman–Crippen MR) is 102 cm³/mol. The van der Waals surface area contributed by atoms with E-state index in [-0.39, 0.29) is 11.1 Å². The van der Waals surface area contributed by atoms with Gasteiger partial charge in [0.1, 0.15) is 0 Å². The summed E-state index contributed by atoms with van der Waals surface area (Å²) in [6.45, 7) is 0. The van der Waals surface area contributed by atoms with Crippen molar-refractivity contribution in [3.63, 3.8) is 0 Å². The molecule has 0 saturated carbocycles. The van der Waals surface area contributed by atoms with Gasteiger partial charge in [-0.15, -0.1) is 0 Å². The minimum Gasteiger partial charge on any atom is -0.354 e. The molecule has 0 amide bonds. The number of allylic oxidation sites excluding steroid dienone is 1. The lowest BCUT2D eigenvalue weighted by Crippen LogP contribution is -2.18. The van der Waals surface area contributed by atoms with E-state index in [1.54, 1.807) is 23.0 Å². The third kappa shape index (κ3) is 4.02. The molecule has 0 fully saturated rings. The van der Waals surface area contributed by atoms with E-state index in [1.165, 1.54) is 12.1 Å². The van der Waals surface area contributed by atoms with Crippen molar-refractivity contribution in [3.8, 4) is 5.69 Å². The van der Waals surface area contributed by atoms with E-state index in [2.05, 4.69) is 10.4 Å². The number of nitrogens with one attached hydrogen (secondary N) is 2. The van der Waals surface area contributed by atoms with Crippen molar-refractivity contribution >= 4 is 29.2 Å². The molecule has 5 nitrogen and oxygen atoms in total. The minimum atomic E-state index is -0.234. The van der Waals surface area contributed by atoms with Crippen LogP contribution < -0.4 is 10.7 Å². The van der Waals surface area contributed by atoms with Crippen LogP contribution >= 0.6 is 11.6 Å². The molecule has 0 aliphatic carbocycles. The summed E-state index contributed by atoms with van der Waals surface area (Å²) in [5, 5.41) is 15.5. The van der Waals surface area contributed by atoms with Gasteiger partial charge in [-0.3, -0.25) is 4.79 Å². The molecule has 25 heavy (non-hydrogen) atoms. The van der Waals surface area contributed by atoms with Crippen LogP contribution in [-0.2, 0) is 0 Å². The fraction of sp³-hybridized carbons (Fsp3) is 0. The van der Waals surface area contributed by atoms with Crippen LogP contribution in [-0.4, -0.2) is 16.0 Å². The maximum absolute atomic E-state index is 12.3. The molecule has 0 radical (unpaired) electrons. The molecule has 3 rings (SSSR count). The Morgan fingerprint density at radius 1 is 1.08 bits per heavy atom. The van der Waals surface area contributed by atoms with Crippen LogP contribution in [0.3, 0.4) is 0 Å². The molecule has 2 N–H and O–H groups in total. The molecule has 6 heteroatoms. The van der Waals surface area contributed by atoms with Crippen LogP contribution in [0.5, 0.6) is 0 Å². The van der Waals surface area contributed by atoms with E-state index < -0.39 is 0 Å². The van der Waals surface area contributed by atoms with Crippen molar-refractivity contribution in [1.82, 2.24) is 9.78 Å². The SMILES string of the molecule is N=C/C=C(\Nc1ccccc1)c1nn(-c2ccc(Cl)cc2)ccc1=O. The molecular formula is C19H15ClN4O. The van der Waals surface area contributed by atoms with Gasteiger partial charge in [0.15, 0.2) is 5.69 Å². The fourth-order valence-corrected chi connectivity index (χ4v) is 2.40. The Morgan fingerprint density at radius 2 is 1.80 bits per heavy atom. The second-order valence-electron chi connectivity index (χ2n) is 5.19. The van der Waals surface area contributed by atoms with Gasteiger partial charge in [0.2, 0.25) is 5.43 Å². The number of nitrogens with zero attached hydrogens (tertiary/aromatic N) is 2.